The number of hydrogen-bond donors (Lipinski definition) is 0. The first-order valence-electron chi connectivity index (χ1n) is 8.77. The summed E-state index contributed by atoms with van der Waals surface area (Å²) in [7, 11) is -0.242. The van der Waals surface area contributed by atoms with Crippen molar-refractivity contribution in [1.29, 1.82) is 0 Å². The van der Waals surface area contributed by atoms with E-state index >= 15 is 0 Å². The number of carbonyl (C=O) groups is 1. The van der Waals surface area contributed by atoms with Crippen LogP contribution in [0.2, 0.25) is 0 Å². The molecular weight excluding hydrogens is 277 g/mol. The molecule has 0 aromatic rings. The summed E-state index contributed by atoms with van der Waals surface area (Å²) in [6.07, 6.45) is 6.83. The highest BCUT2D eigenvalue weighted by molar-refractivity contribution is 6.54. The molecule has 0 spiro atoms. The maximum atomic E-state index is 11.5. The van der Waals surface area contributed by atoms with Crippen LogP contribution in [0, 0.1) is 0 Å². The summed E-state index contributed by atoms with van der Waals surface area (Å²) in [5.41, 5.74) is 0.812. The van der Waals surface area contributed by atoms with Gasteiger partial charge in [0.15, 0.2) is 0 Å². The molecule has 2 aliphatic rings. The fraction of sp³-hybridized carbons (Fsp3) is 0.824. The maximum absolute atomic E-state index is 11.5. The molecule has 1 amide bonds. The Balaban J connectivity index is 2.20. The zero-order chi connectivity index (χ0) is 16.4. The predicted molar refractivity (Wildman–Crippen MR) is 89.5 cm³/mol. The van der Waals surface area contributed by atoms with Crippen LogP contribution in [0.25, 0.3) is 0 Å². The Bertz CT molecular complexity index is 421. The van der Waals surface area contributed by atoms with E-state index in [1.54, 1.807) is 6.92 Å². The molecule has 1 fully saturated rings. The van der Waals surface area contributed by atoms with E-state index in [2.05, 4.69) is 33.8 Å². The molecule has 0 aliphatic carbocycles. The van der Waals surface area contributed by atoms with Crippen LogP contribution in [0.4, 0.5) is 0 Å². The summed E-state index contributed by atoms with van der Waals surface area (Å²) in [6.45, 7) is 11.8. The second kappa shape index (κ2) is 6.75. The van der Waals surface area contributed by atoms with Gasteiger partial charge in [-0.15, -0.1) is 0 Å². The van der Waals surface area contributed by atoms with Gasteiger partial charge in [-0.25, -0.2) is 0 Å². The molecule has 0 N–H and O–H groups in total. The van der Waals surface area contributed by atoms with Gasteiger partial charge in [-0.05, 0) is 37.6 Å². The molecule has 2 rings (SSSR count). The number of nitrogens with zero attached hydrogens (tertiary/aromatic N) is 1. The fourth-order valence-corrected chi connectivity index (χ4v) is 4.11. The van der Waals surface area contributed by atoms with Crippen LogP contribution in [0.15, 0.2) is 11.5 Å². The van der Waals surface area contributed by atoms with Gasteiger partial charge < -0.3 is 14.2 Å². The monoisotopic (exact) mass is 307 g/mol. The SMILES string of the molecule is CCC1(CC)OB(C2=CCN(C(C)=O)CC2)OC1(CC)CC. The molecule has 0 aromatic heterocycles. The smallest absolute Gasteiger partial charge is 0.399 e. The lowest BCUT2D eigenvalue weighted by Crippen LogP contribution is -2.50. The Hall–Kier alpha value is -0.805. The van der Waals surface area contributed by atoms with E-state index in [0.717, 1.165) is 38.6 Å². The van der Waals surface area contributed by atoms with Crippen LogP contribution in [-0.2, 0) is 14.1 Å². The Morgan fingerprint density at radius 2 is 1.64 bits per heavy atom. The van der Waals surface area contributed by atoms with Gasteiger partial charge in [-0.1, -0.05) is 33.8 Å². The molecule has 2 heterocycles. The lowest BCUT2D eigenvalue weighted by molar-refractivity contribution is -0.128. The van der Waals surface area contributed by atoms with Crippen molar-refractivity contribution in [3.05, 3.63) is 11.5 Å². The molecule has 4 nitrogen and oxygen atoms in total. The van der Waals surface area contributed by atoms with Gasteiger partial charge in [0.25, 0.3) is 0 Å². The number of hydrogen-bond acceptors (Lipinski definition) is 3. The van der Waals surface area contributed by atoms with Crippen molar-refractivity contribution in [2.45, 2.75) is 77.9 Å². The topological polar surface area (TPSA) is 38.8 Å². The van der Waals surface area contributed by atoms with Crippen LogP contribution < -0.4 is 0 Å². The first-order valence-corrected chi connectivity index (χ1v) is 8.77. The Kier molecular flexibility index (Phi) is 5.39. The van der Waals surface area contributed by atoms with Gasteiger partial charge in [0.1, 0.15) is 0 Å². The molecule has 0 radical (unpaired) electrons. The minimum Gasteiger partial charge on any atom is -0.399 e. The average molecular weight is 307 g/mol. The van der Waals surface area contributed by atoms with Crippen LogP contribution >= 0.6 is 0 Å². The van der Waals surface area contributed by atoms with E-state index in [9.17, 15) is 4.79 Å². The van der Waals surface area contributed by atoms with E-state index < -0.39 is 0 Å². The second-order valence-electron chi connectivity index (χ2n) is 6.46. The Morgan fingerprint density at radius 3 is 1.95 bits per heavy atom. The first-order chi connectivity index (χ1) is 10.5. The highest BCUT2D eigenvalue weighted by Gasteiger charge is 2.58. The molecule has 0 unspecified atom stereocenters. The number of carbonyl (C=O) groups excluding carboxylic acids is 1. The Morgan fingerprint density at radius 1 is 1.14 bits per heavy atom. The standard InChI is InChI=1S/C17H30BNO3/c1-6-16(7-2)17(8-3,9-4)22-18(21-16)15-10-12-19(13-11-15)14(5)20/h10H,6-9,11-13H2,1-5H3. The van der Waals surface area contributed by atoms with Crippen LogP contribution in [0.5, 0.6) is 0 Å². The minimum atomic E-state index is -0.242. The molecule has 2 aliphatic heterocycles. The van der Waals surface area contributed by atoms with Gasteiger partial charge in [0.2, 0.25) is 5.91 Å². The van der Waals surface area contributed by atoms with Crippen molar-refractivity contribution in [1.82, 2.24) is 4.90 Å². The molecule has 0 atom stereocenters. The predicted octanol–water partition coefficient (Wildman–Crippen LogP) is 3.36. The average Bonchev–Trinajstić information content (AvgIpc) is 2.90. The van der Waals surface area contributed by atoms with Crippen molar-refractivity contribution in [2.75, 3.05) is 13.1 Å². The summed E-state index contributed by atoms with van der Waals surface area (Å²) in [4.78, 5) is 13.3. The molecule has 124 valence electrons. The van der Waals surface area contributed by atoms with Crippen molar-refractivity contribution in [2.24, 2.45) is 0 Å². The van der Waals surface area contributed by atoms with E-state index in [1.165, 1.54) is 5.47 Å². The fourth-order valence-electron chi connectivity index (χ4n) is 4.11. The summed E-state index contributed by atoms with van der Waals surface area (Å²) in [5.74, 6) is 0.136. The summed E-state index contributed by atoms with van der Waals surface area (Å²) in [5, 5.41) is 0. The quantitative estimate of drug-likeness (QED) is 0.731. The van der Waals surface area contributed by atoms with E-state index in [1.807, 2.05) is 4.90 Å². The first kappa shape index (κ1) is 17.5. The van der Waals surface area contributed by atoms with Crippen LogP contribution in [0.3, 0.4) is 0 Å². The van der Waals surface area contributed by atoms with Gasteiger partial charge >= 0.3 is 7.12 Å². The molecule has 1 saturated heterocycles. The third-order valence-electron chi connectivity index (χ3n) is 5.77. The molecule has 5 heteroatoms. The lowest BCUT2D eigenvalue weighted by Gasteiger charge is -2.42. The van der Waals surface area contributed by atoms with Gasteiger partial charge in [0.05, 0.1) is 11.2 Å². The van der Waals surface area contributed by atoms with Crippen LogP contribution in [0.1, 0.15) is 66.7 Å². The van der Waals surface area contributed by atoms with E-state index in [0.29, 0.717) is 6.54 Å². The Labute approximate surface area is 135 Å². The molecule has 0 saturated carbocycles. The molecule has 0 aromatic carbocycles. The summed E-state index contributed by atoms with van der Waals surface area (Å²) >= 11 is 0. The largest absolute Gasteiger partial charge is 0.490 e. The van der Waals surface area contributed by atoms with Crippen molar-refractivity contribution >= 4 is 13.0 Å². The molecule has 22 heavy (non-hydrogen) atoms. The highest BCUT2D eigenvalue weighted by atomic mass is 16.7. The zero-order valence-electron chi connectivity index (χ0n) is 14.8. The highest BCUT2D eigenvalue weighted by Crippen LogP contribution is 2.48. The van der Waals surface area contributed by atoms with Gasteiger partial charge in [0, 0.05) is 20.0 Å². The minimum absolute atomic E-state index is 0.136. The summed E-state index contributed by atoms with van der Waals surface area (Å²) < 4.78 is 13.0. The number of rotatable bonds is 5. The normalized spacial score (nSPS) is 23.6. The van der Waals surface area contributed by atoms with Crippen molar-refractivity contribution in [3.8, 4) is 0 Å². The van der Waals surface area contributed by atoms with E-state index in [-0.39, 0.29) is 24.2 Å². The van der Waals surface area contributed by atoms with Crippen LogP contribution in [-0.4, -0.2) is 42.2 Å². The van der Waals surface area contributed by atoms with Crippen molar-refractivity contribution in [3.63, 3.8) is 0 Å². The maximum Gasteiger partial charge on any atom is 0.490 e. The van der Waals surface area contributed by atoms with Gasteiger partial charge in [-0.3, -0.25) is 4.79 Å². The lowest BCUT2D eigenvalue weighted by atomic mass is 9.74. The molecular formula is C17H30BNO3. The van der Waals surface area contributed by atoms with E-state index in [4.69, 9.17) is 9.31 Å². The molecule has 0 bridgehead atoms. The second-order valence-corrected chi connectivity index (χ2v) is 6.46. The third-order valence-corrected chi connectivity index (χ3v) is 5.77. The third kappa shape index (κ3) is 2.74. The number of amides is 1. The van der Waals surface area contributed by atoms with Gasteiger partial charge in [-0.2, -0.15) is 0 Å². The summed E-state index contributed by atoms with van der Waals surface area (Å²) in [6, 6.07) is 0. The van der Waals surface area contributed by atoms with Crippen molar-refractivity contribution < 1.29 is 14.1 Å². The zero-order valence-corrected chi connectivity index (χ0v) is 14.8.